The van der Waals surface area contributed by atoms with E-state index in [2.05, 4.69) is 36.8 Å². The molecule has 0 spiro atoms. The van der Waals surface area contributed by atoms with Crippen molar-refractivity contribution in [2.24, 2.45) is 0 Å². The summed E-state index contributed by atoms with van der Waals surface area (Å²) in [5, 5.41) is 9.00. The summed E-state index contributed by atoms with van der Waals surface area (Å²) in [5.74, 6) is 0.507. The lowest BCUT2D eigenvalue weighted by Gasteiger charge is -2.23. The normalized spacial score (nSPS) is 12.8. The van der Waals surface area contributed by atoms with E-state index in [1.807, 2.05) is 16.7 Å². The minimum Gasteiger partial charge on any atom is -0.369 e. The van der Waals surface area contributed by atoms with Crippen LogP contribution in [-0.2, 0) is 6.54 Å². The first-order valence-electron chi connectivity index (χ1n) is 6.93. The van der Waals surface area contributed by atoms with Crippen LogP contribution in [0.4, 0.5) is 5.95 Å². The number of fused-ring (bicyclic) bond motifs is 1. The number of nitrogens with two attached hydrogens (primary N) is 1. The highest BCUT2D eigenvalue weighted by molar-refractivity contribution is 5.79. The standard InChI is InChI=1S/C15H21N5/c1-4-11(2)19(3)7-8-20-14-9-12(10-16)5-6-13(14)18-15(20)17/h5-6,9,11H,4,7-8H2,1-3H3,(H2,17,18). The van der Waals surface area contributed by atoms with E-state index in [-0.39, 0.29) is 0 Å². The number of nitrogen functional groups attached to an aromatic ring is 1. The maximum absolute atomic E-state index is 9.00. The van der Waals surface area contributed by atoms with E-state index in [0.717, 1.165) is 30.5 Å². The van der Waals surface area contributed by atoms with Gasteiger partial charge < -0.3 is 15.2 Å². The fourth-order valence-corrected chi connectivity index (χ4v) is 2.24. The third-order valence-corrected chi connectivity index (χ3v) is 3.93. The van der Waals surface area contributed by atoms with Gasteiger partial charge in [0.15, 0.2) is 0 Å². The molecule has 0 aliphatic rings. The lowest BCUT2D eigenvalue weighted by molar-refractivity contribution is 0.244. The van der Waals surface area contributed by atoms with Crippen molar-refractivity contribution in [3.8, 4) is 6.07 Å². The third-order valence-electron chi connectivity index (χ3n) is 3.93. The monoisotopic (exact) mass is 271 g/mol. The van der Waals surface area contributed by atoms with Gasteiger partial charge in [0.1, 0.15) is 0 Å². The number of hydrogen-bond donors (Lipinski definition) is 1. The highest BCUT2D eigenvalue weighted by Crippen LogP contribution is 2.19. The molecular weight excluding hydrogens is 250 g/mol. The van der Waals surface area contributed by atoms with Crippen LogP contribution < -0.4 is 5.73 Å². The molecular formula is C15H21N5. The number of imidazole rings is 1. The van der Waals surface area contributed by atoms with Gasteiger partial charge in [0.05, 0.1) is 22.7 Å². The van der Waals surface area contributed by atoms with Gasteiger partial charge in [-0.1, -0.05) is 6.92 Å². The molecule has 0 amide bonds. The van der Waals surface area contributed by atoms with Crippen LogP contribution in [-0.4, -0.2) is 34.1 Å². The largest absolute Gasteiger partial charge is 0.369 e. The zero-order valence-corrected chi connectivity index (χ0v) is 12.3. The minimum atomic E-state index is 0.507. The Bertz CT molecular complexity index is 637. The average molecular weight is 271 g/mol. The Hall–Kier alpha value is -2.06. The predicted octanol–water partition coefficient (Wildman–Crippen LogP) is 2.22. The van der Waals surface area contributed by atoms with Crippen LogP contribution in [0.15, 0.2) is 18.2 Å². The smallest absolute Gasteiger partial charge is 0.201 e. The second kappa shape index (κ2) is 5.93. The van der Waals surface area contributed by atoms with Gasteiger partial charge in [-0.05, 0) is 38.6 Å². The Morgan fingerprint density at radius 1 is 1.50 bits per heavy atom. The Kier molecular flexibility index (Phi) is 4.26. The fraction of sp³-hybridized carbons (Fsp3) is 0.467. The van der Waals surface area contributed by atoms with E-state index in [1.54, 1.807) is 6.07 Å². The van der Waals surface area contributed by atoms with Gasteiger partial charge in [-0.3, -0.25) is 0 Å². The average Bonchev–Trinajstić information content (AvgIpc) is 2.78. The van der Waals surface area contributed by atoms with Gasteiger partial charge in [-0.15, -0.1) is 0 Å². The quantitative estimate of drug-likeness (QED) is 0.905. The van der Waals surface area contributed by atoms with Crippen molar-refractivity contribution >= 4 is 17.0 Å². The van der Waals surface area contributed by atoms with Crippen molar-refractivity contribution in [1.82, 2.24) is 14.5 Å². The SMILES string of the molecule is CCC(C)N(C)CCn1c(N)nc2ccc(C#N)cc21. The Morgan fingerprint density at radius 2 is 2.25 bits per heavy atom. The summed E-state index contributed by atoms with van der Waals surface area (Å²) in [6.45, 7) is 6.07. The predicted molar refractivity (Wildman–Crippen MR) is 81.2 cm³/mol. The molecule has 2 aromatic rings. The molecule has 0 saturated carbocycles. The van der Waals surface area contributed by atoms with Crippen molar-refractivity contribution in [2.75, 3.05) is 19.3 Å². The molecule has 0 radical (unpaired) electrons. The highest BCUT2D eigenvalue weighted by atomic mass is 15.2. The van der Waals surface area contributed by atoms with E-state index >= 15 is 0 Å². The van der Waals surface area contributed by atoms with E-state index in [1.165, 1.54) is 0 Å². The van der Waals surface area contributed by atoms with Crippen molar-refractivity contribution in [3.63, 3.8) is 0 Å². The number of aromatic nitrogens is 2. The molecule has 1 heterocycles. The van der Waals surface area contributed by atoms with E-state index in [9.17, 15) is 0 Å². The maximum Gasteiger partial charge on any atom is 0.201 e. The summed E-state index contributed by atoms with van der Waals surface area (Å²) >= 11 is 0. The second-order valence-electron chi connectivity index (χ2n) is 5.17. The summed E-state index contributed by atoms with van der Waals surface area (Å²) in [6.07, 6.45) is 1.12. The molecule has 0 aliphatic carbocycles. The van der Waals surface area contributed by atoms with Crippen LogP contribution in [0.25, 0.3) is 11.0 Å². The number of nitriles is 1. The van der Waals surface area contributed by atoms with E-state index in [4.69, 9.17) is 11.0 Å². The molecule has 1 aromatic carbocycles. The zero-order chi connectivity index (χ0) is 14.7. The molecule has 0 fully saturated rings. The summed E-state index contributed by atoms with van der Waals surface area (Å²) in [7, 11) is 2.12. The molecule has 2 N–H and O–H groups in total. The van der Waals surface area contributed by atoms with Gasteiger partial charge in [0, 0.05) is 19.1 Å². The zero-order valence-electron chi connectivity index (χ0n) is 12.3. The van der Waals surface area contributed by atoms with Crippen LogP contribution in [0.2, 0.25) is 0 Å². The third kappa shape index (κ3) is 2.75. The van der Waals surface area contributed by atoms with Crippen molar-refractivity contribution in [3.05, 3.63) is 23.8 Å². The molecule has 1 aromatic heterocycles. The lowest BCUT2D eigenvalue weighted by atomic mass is 10.2. The van der Waals surface area contributed by atoms with Crippen LogP contribution in [0.3, 0.4) is 0 Å². The van der Waals surface area contributed by atoms with Crippen molar-refractivity contribution in [2.45, 2.75) is 32.9 Å². The molecule has 5 nitrogen and oxygen atoms in total. The fourth-order valence-electron chi connectivity index (χ4n) is 2.24. The first kappa shape index (κ1) is 14.4. The van der Waals surface area contributed by atoms with Gasteiger partial charge in [-0.25, -0.2) is 4.98 Å². The van der Waals surface area contributed by atoms with Gasteiger partial charge in [0.2, 0.25) is 5.95 Å². The Morgan fingerprint density at radius 3 is 2.90 bits per heavy atom. The molecule has 5 heteroatoms. The summed E-state index contributed by atoms with van der Waals surface area (Å²) in [6, 6.07) is 8.16. The number of benzene rings is 1. The first-order chi connectivity index (χ1) is 9.56. The second-order valence-corrected chi connectivity index (χ2v) is 5.17. The van der Waals surface area contributed by atoms with Crippen LogP contribution in [0.5, 0.6) is 0 Å². The number of likely N-dealkylation sites (N-methyl/N-ethyl adjacent to an activating group) is 1. The molecule has 0 aliphatic heterocycles. The van der Waals surface area contributed by atoms with Crippen LogP contribution in [0.1, 0.15) is 25.8 Å². The molecule has 0 saturated heterocycles. The Balaban J connectivity index is 2.25. The summed E-state index contributed by atoms with van der Waals surface area (Å²) < 4.78 is 1.98. The first-order valence-corrected chi connectivity index (χ1v) is 6.93. The molecule has 2 rings (SSSR count). The highest BCUT2D eigenvalue weighted by Gasteiger charge is 2.11. The maximum atomic E-state index is 9.00. The van der Waals surface area contributed by atoms with E-state index < -0.39 is 0 Å². The Labute approximate surface area is 119 Å². The van der Waals surface area contributed by atoms with Crippen LogP contribution in [0, 0.1) is 11.3 Å². The minimum absolute atomic E-state index is 0.507. The number of nitrogens with zero attached hydrogens (tertiary/aromatic N) is 4. The summed E-state index contributed by atoms with van der Waals surface area (Å²) in [4.78, 5) is 6.65. The molecule has 1 unspecified atom stereocenters. The van der Waals surface area contributed by atoms with Gasteiger partial charge in [0.25, 0.3) is 0 Å². The van der Waals surface area contributed by atoms with Crippen molar-refractivity contribution in [1.29, 1.82) is 5.26 Å². The molecule has 20 heavy (non-hydrogen) atoms. The molecule has 0 bridgehead atoms. The number of rotatable bonds is 5. The lowest BCUT2D eigenvalue weighted by Crippen LogP contribution is -2.31. The van der Waals surface area contributed by atoms with Crippen LogP contribution >= 0.6 is 0 Å². The number of hydrogen-bond acceptors (Lipinski definition) is 4. The summed E-state index contributed by atoms with van der Waals surface area (Å²) in [5.41, 5.74) is 8.39. The van der Waals surface area contributed by atoms with Crippen molar-refractivity contribution < 1.29 is 0 Å². The molecule has 106 valence electrons. The topological polar surface area (TPSA) is 70.9 Å². The molecule has 1 atom stereocenters. The van der Waals surface area contributed by atoms with Gasteiger partial charge in [-0.2, -0.15) is 5.26 Å². The van der Waals surface area contributed by atoms with Gasteiger partial charge >= 0.3 is 0 Å². The van der Waals surface area contributed by atoms with E-state index in [0.29, 0.717) is 17.6 Å². The number of anilines is 1.